The van der Waals surface area contributed by atoms with Gasteiger partial charge in [-0.2, -0.15) is 0 Å². The van der Waals surface area contributed by atoms with Crippen molar-refractivity contribution in [3.8, 4) is 17.2 Å². The Hall–Kier alpha value is -3.94. The number of fused-ring (bicyclic) bond motifs is 1. The van der Waals surface area contributed by atoms with Gasteiger partial charge in [0.25, 0.3) is 0 Å². The molecule has 0 fully saturated rings. The van der Waals surface area contributed by atoms with Crippen LogP contribution in [0.15, 0.2) is 77.2 Å². The second-order valence-electron chi connectivity index (χ2n) is 8.44. The van der Waals surface area contributed by atoms with Gasteiger partial charge < -0.3 is 5.11 Å². The van der Waals surface area contributed by atoms with Crippen LogP contribution in [0, 0.1) is 0 Å². The number of phenolic OH excluding ortho intramolecular Hbond substituents is 1. The molecule has 187 valence electrons. The zero-order valence-corrected chi connectivity index (χ0v) is 21.6. The van der Waals surface area contributed by atoms with Gasteiger partial charge in [0.2, 0.25) is 0 Å². The average Bonchev–Trinajstić information content (AvgIpc) is 3.46. The van der Waals surface area contributed by atoms with E-state index in [4.69, 9.17) is 9.47 Å². The van der Waals surface area contributed by atoms with E-state index in [9.17, 15) is 15.0 Å². The molecule has 1 radical (unpaired) electrons. The molecule has 9 nitrogen and oxygen atoms in total. The Morgan fingerprint density at radius 2 is 1.86 bits per heavy atom. The second-order valence-corrected chi connectivity index (χ2v) is 10.9. The summed E-state index contributed by atoms with van der Waals surface area (Å²) in [5.41, 5.74) is 2.38. The van der Waals surface area contributed by atoms with Crippen molar-refractivity contribution in [2.24, 2.45) is 0 Å². The van der Waals surface area contributed by atoms with Gasteiger partial charge in [-0.1, -0.05) is 0 Å². The Bertz CT molecular complexity index is 1390. The Balaban J connectivity index is 1.17. The summed E-state index contributed by atoms with van der Waals surface area (Å²) >= 11 is -0.877. The summed E-state index contributed by atoms with van der Waals surface area (Å²) in [5.74, 6) is 2.40. The number of hydrogen-bond donors (Lipinski definition) is 3. The standard InChI is InChI=1S/C27H24AsN4O5/c33-20-11-7-17(8-12-20)23(34)5-3-15-36-21-13-9-18(10-14-21)26(35)28-22-16-19-4-1-2-6-24(19)37-25(22)27-29-31-32-30-27/h1-2,4,6-14,23,33-34H,3,5,15-16H2,(H,29,30,31,32). The molecule has 0 bridgehead atoms. The Morgan fingerprint density at radius 1 is 1.08 bits per heavy atom. The van der Waals surface area contributed by atoms with Crippen molar-refractivity contribution in [1.82, 2.24) is 20.6 Å². The van der Waals surface area contributed by atoms with Crippen LogP contribution in [0.4, 0.5) is 0 Å². The first kappa shape index (κ1) is 24.7. The van der Waals surface area contributed by atoms with Gasteiger partial charge in [-0.15, -0.1) is 0 Å². The fraction of sp³-hybridized carbons (Fsp3) is 0.185. The van der Waals surface area contributed by atoms with Gasteiger partial charge in [-0.25, -0.2) is 0 Å². The second kappa shape index (κ2) is 11.4. The van der Waals surface area contributed by atoms with Gasteiger partial charge in [0.05, 0.1) is 0 Å². The minimum atomic E-state index is -0.877. The molecule has 3 aromatic carbocycles. The van der Waals surface area contributed by atoms with E-state index < -0.39 is 21.9 Å². The van der Waals surface area contributed by atoms with E-state index in [0.29, 0.717) is 48.8 Å². The van der Waals surface area contributed by atoms with Crippen molar-refractivity contribution >= 4 is 26.1 Å². The molecule has 1 aromatic heterocycles. The van der Waals surface area contributed by atoms with Crippen LogP contribution in [0.2, 0.25) is 0 Å². The Labute approximate surface area is 219 Å². The van der Waals surface area contributed by atoms with Crippen LogP contribution in [0.25, 0.3) is 5.76 Å². The van der Waals surface area contributed by atoms with E-state index in [1.807, 2.05) is 24.3 Å². The molecule has 0 aliphatic carbocycles. The number of para-hydroxylation sites is 1. The van der Waals surface area contributed by atoms with Crippen molar-refractivity contribution in [2.45, 2.75) is 25.4 Å². The van der Waals surface area contributed by atoms with Crippen LogP contribution >= 0.6 is 0 Å². The predicted molar refractivity (Wildman–Crippen MR) is 136 cm³/mol. The molecule has 5 rings (SSSR count). The van der Waals surface area contributed by atoms with Crippen molar-refractivity contribution in [1.29, 1.82) is 0 Å². The third kappa shape index (κ3) is 6.07. The number of carbonyl (C=O) groups is 1. The monoisotopic (exact) mass is 559 g/mol. The zero-order valence-electron chi connectivity index (χ0n) is 19.7. The summed E-state index contributed by atoms with van der Waals surface area (Å²) in [7, 11) is 0. The van der Waals surface area contributed by atoms with E-state index in [-0.39, 0.29) is 10.3 Å². The number of aromatic amines is 1. The number of aromatic nitrogens is 4. The van der Waals surface area contributed by atoms with E-state index in [0.717, 1.165) is 21.2 Å². The van der Waals surface area contributed by atoms with Gasteiger partial charge >= 0.3 is 197 Å². The Kier molecular flexibility index (Phi) is 7.63. The number of allylic oxidation sites excluding steroid dienone is 1. The van der Waals surface area contributed by atoms with Gasteiger partial charge in [0.15, 0.2) is 0 Å². The number of aliphatic hydroxyl groups excluding tert-OH is 1. The molecule has 1 aliphatic rings. The molecule has 0 amide bonds. The topological polar surface area (TPSA) is 130 Å². The number of nitrogens with one attached hydrogen (secondary N) is 1. The summed E-state index contributed by atoms with van der Waals surface area (Å²) in [6, 6.07) is 21.4. The predicted octanol–water partition coefficient (Wildman–Crippen LogP) is 3.65. The molecule has 2 heterocycles. The fourth-order valence-corrected chi connectivity index (χ4v) is 6.05. The molecule has 0 spiro atoms. The first-order chi connectivity index (χ1) is 18.1. The molecule has 4 aromatic rings. The molecule has 3 N–H and O–H groups in total. The third-order valence-corrected chi connectivity index (χ3v) is 8.15. The van der Waals surface area contributed by atoms with Crippen LogP contribution in [-0.4, -0.2) is 57.8 Å². The molecular weight excluding hydrogens is 535 g/mol. The third-order valence-electron chi connectivity index (χ3n) is 5.86. The fourth-order valence-electron chi connectivity index (χ4n) is 3.91. The summed E-state index contributed by atoms with van der Waals surface area (Å²) in [4.78, 5) is 13.1. The summed E-state index contributed by atoms with van der Waals surface area (Å²) in [6.45, 7) is 0.437. The van der Waals surface area contributed by atoms with E-state index in [2.05, 4.69) is 20.6 Å². The number of tetrazole rings is 1. The van der Waals surface area contributed by atoms with E-state index >= 15 is 0 Å². The summed E-state index contributed by atoms with van der Waals surface area (Å²) in [6.07, 6.45) is 1.17. The van der Waals surface area contributed by atoms with Crippen molar-refractivity contribution in [2.75, 3.05) is 6.61 Å². The van der Waals surface area contributed by atoms with E-state index in [1.54, 1.807) is 48.5 Å². The molecule has 1 atom stereocenters. The van der Waals surface area contributed by atoms with Crippen LogP contribution in [-0.2, 0) is 6.42 Å². The number of hydrogen-bond acceptors (Lipinski definition) is 8. The number of carbonyl (C=O) groups excluding carboxylic acids is 1. The van der Waals surface area contributed by atoms with Crippen LogP contribution in [0.3, 0.4) is 0 Å². The van der Waals surface area contributed by atoms with Crippen molar-refractivity contribution in [3.05, 3.63) is 99.7 Å². The minimum absolute atomic E-state index is 0.0406. The maximum atomic E-state index is 13.1. The van der Waals surface area contributed by atoms with Crippen molar-refractivity contribution < 1.29 is 24.5 Å². The van der Waals surface area contributed by atoms with Gasteiger partial charge in [-0.05, 0) is 12.1 Å². The van der Waals surface area contributed by atoms with E-state index in [1.165, 1.54) is 0 Å². The van der Waals surface area contributed by atoms with Crippen LogP contribution in [0.1, 0.15) is 46.3 Å². The normalized spacial score (nSPS) is 13.9. The molecule has 1 unspecified atom stereocenters. The number of aliphatic hydroxyl groups is 1. The zero-order chi connectivity index (χ0) is 25.6. The molecule has 1 aliphatic heterocycles. The molecule has 0 saturated heterocycles. The van der Waals surface area contributed by atoms with Crippen LogP contribution < -0.4 is 9.47 Å². The number of aromatic hydroxyl groups is 1. The molecular formula is C27H24AsN4O5. The molecule has 37 heavy (non-hydrogen) atoms. The average molecular weight is 559 g/mol. The number of H-pyrrole nitrogens is 1. The number of phenols is 1. The number of rotatable bonds is 10. The van der Waals surface area contributed by atoms with Crippen molar-refractivity contribution in [3.63, 3.8) is 0 Å². The Morgan fingerprint density at radius 3 is 2.62 bits per heavy atom. The first-order valence-corrected chi connectivity index (χ1v) is 13.6. The number of nitrogens with zero attached hydrogens (tertiary/aromatic N) is 3. The molecule has 0 saturated carbocycles. The maximum absolute atomic E-state index is 13.1. The number of benzene rings is 3. The summed E-state index contributed by atoms with van der Waals surface area (Å²) < 4.78 is 12.8. The quantitative estimate of drug-likeness (QED) is 0.198. The van der Waals surface area contributed by atoms with Crippen LogP contribution in [0.5, 0.6) is 17.2 Å². The molecule has 10 heteroatoms. The van der Waals surface area contributed by atoms with Gasteiger partial charge in [0.1, 0.15) is 5.75 Å². The number of ether oxygens (including phenoxy) is 2. The SMILES string of the molecule is O=C([As]C1=C(c2nn[nH]n2)Oc2ccccc2C1)c1ccc(OCCCC(O)c2ccc(O)cc2)cc1. The summed E-state index contributed by atoms with van der Waals surface area (Å²) in [5, 5.41) is 33.8. The first-order valence-electron chi connectivity index (χ1n) is 11.8. The van der Waals surface area contributed by atoms with Gasteiger partial charge in [-0.3, -0.25) is 0 Å². The van der Waals surface area contributed by atoms with Gasteiger partial charge in [0, 0.05) is 0 Å².